The smallest absolute Gasteiger partial charge is 0.399 e. The maximum absolute atomic E-state index is 6.38. The molecule has 106 heavy (non-hydrogen) atoms. The first-order valence-electron chi connectivity index (χ1n) is 36.0. The van der Waals surface area contributed by atoms with Crippen LogP contribution in [0.3, 0.4) is 0 Å². The maximum Gasteiger partial charge on any atom is 0.494 e. The molecule has 0 saturated carbocycles. The van der Waals surface area contributed by atoms with Crippen LogP contribution < -0.4 is 5.46 Å². The molecule has 0 N–H and O–H groups in total. The molecule has 0 spiro atoms. The molecular weight excluding hydrogens is 1360 g/mol. The van der Waals surface area contributed by atoms with Crippen molar-refractivity contribution in [3.05, 3.63) is 320 Å². The fraction of sp³-hybridized carbons (Fsp3) is 0.0638. The molecule has 23 rings (SSSR count). The van der Waals surface area contributed by atoms with Crippen molar-refractivity contribution in [1.82, 2.24) is 37.9 Å². The lowest BCUT2D eigenvalue weighted by atomic mass is 9.78. The standard InChI is InChI=1S/C44H26N4.C28H24BN3O2.C22H14BrN/c1-2-12-29(13-3-1)47-38-18-8-6-15-31(38)36-26-35(30-14-4-5-16-32(30)43(36)47)28-21-22-33-40(25-28)48-39-19-9-7-17-37(39)46-44(48)34-23-20-27-11-10-24-45-42(27)41(33)34;1-27(2)28(3,4)34-29(33-27)18-12-14-19-23(16-18)32-22-10-6-5-9-21(22)31-26(32)20-13-11-17-8-7-15-30-25(17)24(19)20;23-20-14-19-17-11-6-7-13-21(17)24(15-8-2-1-3-9-15)22(19)18-12-5-4-10-16(18)20/h1-26H;5-16H,1-4H3;1-14H. The summed E-state index contributed by atoms with van der Waals surface area (Å²) in [5.41, 5.74) is 20.1. The SMILES string of the molecule is Brc1cc2c3ccccc3n(-c3ccccc3)c2c2ccccc12.CC1(C)OB(c2ccc3c4c(ccc5cccnc54)c4nc5ccccc5n4c3c2)OC1(C)C.c1ccc(-n2c3ccccc3c3cc(-c4ccc5c6c(ccc7cccnc76)c6nc7ccccc7n6c5c4)c4ccccc4c32)cc1. The molecule has 9 heterocycles. The molecule has 22 aromatic rings. The third-order valence-corrected chi connectivity index (χ3v) is 23.0. The number of para-hydroxylation sites is 8. The molecule has 0 amide bonds. The first-order chi connectivity index (χ1) is 52.0. The van der Waals surface area contributed by atoms with Gasteiger partial charge < -0.3 is 18.4 Å². The van der Waals surface area contributed by atoms with Crippen molar-refractivity contribution in [2.45, 2.75) is 38.9 Å². The fourth-order valence-electron chi connectivity index (χ4n) is 16.8. The largest absolute Gasteiger partial charge is 0.494 e. The summed E-state index contributed by atoms with van der Waals surface area (Å²) in [6, 6.07) is 108. The van der Waals surface area contributed by atoms with Gasteiger partial charge in [-0.2, -0.15) is 0 Å². The van der Waals surface area contributed by atoms with Crippen LogP contribution in [0.5, 0.6) is 0 Å². The third kappa shape index (κ3) is 9.37. The summed E-state index contributed by atoms with van der Waals surface area (Å²) in [5, 5.41) is 19.0. The van der Waals surface area contributed by atoms with E-state index in [2.05, 4.69) is 347 Å². The Labute approximate surface area is 616 Å². The van der Waals surface area contributed by atoms with Crippen molar-refractivity contribution in [2.24, 2.45) is 0 Å². The summed E-state index contributed by atoms with van der Waals surface area (Å²) in [5.74, 6) is 0. The van der Waals surface area contributed by atoms with E-state index in [1.54, 1.807) is 0 Å². The van der Waals surface area contributed by atoms with E-state index in [1.807, 2.05) is 30.6 Å². The van der Waals surface area contributed by atoms with Gasteiger partial charge in [0.25, 0.3) is 0 Å². The minimum atomic E-state index is -0.430. The quantitative estimate of drug-likeness (QED) is 0.129. The zero-order valence-electron chi connectivity index (χ0n) is 58.4. The third-order valence-electron chi connectivity index (χ3n) is 22.4. The highest BCUT2D eigenvalue weighted by Gasteiger charge is 2.52. The summed E-state index contributed by atoms with van der Waals surface area (Å²) < 4.78 is 23.3. The summed E-state index contributed by atoms with van der Waals surface area (Å²) >= 11 is 3.76. The average molecular weight is 1430 g/mol. The Kier molecular flexibility index (Phi) is 13.9. The molecule has 8 aromatic heterocycles. The van der Waals surface area contributed by atoms with E-state index < -0.39 is 18.3 Å². The van der Waals surface area contributed by atoms with Crippen LogP contribution in [0.4, 0.5) is 0 Å². The zero-order chi connectivity index (χ0) is 70.7. The fourth-order valence-corrected chi connectivity index (χ4v) is 17.4. The van der Waals surface area contributed by atoms with Gasteiger partial charge in [-0.3, -0.25) is 18.8 Å². The van der Waals surface area contributed by atoms with E-state index >= 15 is 0 Å². The molecule has 1 aliphatic rings. The highest BCUT2D eigenvalue weighted by Crippen LogP contribution is 2.46. The molecule has 0 bridgehead atoms. The number of benzene rings is 14. The Bertz CT molecular complexity index is 7430. The zero-order valence-corrected chi connectivity index (χ0v) is 60.0. The van der Waals surface area contributed by atoms with Crippen LogP contribution >= 0.6 is 15.9 Å². The molecule has 0 unspecified atom stereocenters. The molecule has 12 heteroatoms. The molecule has 1 fully saturated rings. The Morgan fingerprint density at radius 3 is 1.29 bits per heavy atom. The molecule has 0 atom stereocenters. The monoisotopic (exact) mass is 1430 g/mol. The molecule has 14 aromatic carbocycles. The molecule has 0 aliphatic carbocycles. The number of pyridine rings is 4. The number of halogens is 1. The van der Waals surface area contributed by atoms with Crippen LogP contribution in [-0.2, 0) is 9.31 Å². The van der Waals surface area contributed by atoms with E-state index in [0.717, 1.165) is 109 Å². The van der Waals surface area contributed by atoms with Gasteiger partial charge in [0.05, 0.1) is 77.4 Å². The van der Waals surface area contributed by atoms with Gasteiger partial charge >= 0.3 is 7.12 Å². The molecule has 1 saturated heterocycles. The van der Waals surface area contributed by atoms with Crippen molar-refractivity contribution >= 4 is 192 Å². The minimum absolute atomic E-state index is 0.396. The molecule has 10 nitrogen and oxygen atoms in total. The lowest BCUT2D eigenvalue weighted by molar-refractivity contribution is 0.00578. The second-order valence-electron chi connectivity index (χ2n) is 28.8. The van der Waals surface area contributed by atoms with Gasteiger partial charge in [-0.15, -0.1) is 0 Å². The lowest BCUT2D eigenvalue weighted by Crippen LogP contribution is -2.41. The second kappa shape index (κ2) is 23.7. The number of aromatic nitrogens is 8. The average Bonchev–Trinajstić information content (AvgIpc) is 1.42. The van der Waals surface area contributed by atoms with Crippen molar-refractivity contribution in [3.8, 4) is 22.5 Å². The number of rotatable bonds is 4. The van der Waals surface area contributed by atoms with Crippen LogP contribution in [0.1, 0.15) is 27.7 Å². The molecule has 0 radical (unpaired) electrons. The number of imidazole rings is 2. The molecular formula is C94H64BBrN8O2. The van der Waals surface area contributed by atoms with Crippen LogP contribution in [-0.4, -0.2) is 56.2 Å². The normalized spacial score (nSPS) is 13.8. The highest BCUT2D eigenvalue weighted by atomic mass is 79.9. The summed E-state index contributed by atoms with van der Waals surface area (Å²) in [6.07, 6.45) is 3.75. The maximum atomic E-state index is 6.38. The van der Waals surface area contributed by atoms with E-state index in [1.165, 1.54) is 87.4 Å². The van der Waals surface area contributed by atoms with Crippen LogP contribution in [0.2, 0.25) is 0 Å². The van der Waals surface area contributed by atoms with Gasteiger partial charge in [0, 0.05) is 104 Å². The van der Waals surface area contributed by atoms with Crippen molar-refractivity contribution in [2.75, 3.05) is 0 Å². The predicted octanol–water partition coefficient (Wildman–Crippen LogP) is 23.6. The number of fused-ring (bicyclic) bond motifs is 30. The molecule has 502 valence electrons. The Morgan fingerprint density at radius 1 is 0.330 bits per heavy atom. The number of nitrogens with zero attached hydrogens (tertiary/aromatic N) is 8. The minimum Gasteiger partial charge on any atom is -0.399 e. The summed E-state index contributed by atoms with van der Waals surface area (Å²) in [4.78, 5) is 19.9. The van der Waals surface area contributed by atoms with Crippen LogP contribution in [0, 0.1) is 0 Å². The Balaban J connectivity index is 0.000000109. The van der Waals surface area contributed by atoms with Gasteiger partial charge in [0.15, 0.2) is 0 Å². The lowest BCUT2D eigenvalue weighted by Gasteiger charge is -2.32. The van der Waals surface area contributed by atoms with Gasteiger partial charge in [-0.05, 0) is 164 Å². The van der Waals surface area contributed by atoms with Crippen LogP contribution in [0.25, 0.3) is 186 Å². The summed E-state index contributed by atoms with van der Waals surface area (Å²) in [6.45, 7) is 8.34. The van der Waals surface area contributed by atoms with Gasteiger partial charge in [0.1, 0.15) is 11.3 Å². The van der Waals surface area contributed by atoms with Gasteiger partial charge in [-0.25, -0.2) is 9.97 Å². The van der Waals surface area contributed by atoms with Gasteiger partial charge in [0.2, 0.25) is 0 Å². The van der Waals surface area contributed by atoms with Crippen molar-refractivity contribution < 1.29 is 9.31 Å². The van der Waals surface area contributed by atoms with Crippen LogP contribution in [0.15, 0.2) is 320 Å². The van der Waals surface area contributed by atoms with Crippen molar-refractivity contribution in [1.29, 1.82) is 0 Å². The highest BCUT2D eigenvalue weighted by molar-refractivity contribution is 9.10. The van der Waals surface area contributed by atoms with E-state index in [4.69, 9.17) is 29.2 Å². The summed E-state index contributed by atoms with van der Waals surface area (Å²) in [7, 11) is -0.430. The van der Waals surface area contributed by atoms with Crippen molar-refractivity contribution in [3.63, 3.8) is 0 Å². The second-order valence-corrected chi connectivity index (χ2v) is 29.6. The number of hydrogen-bond donors (Lipinski definition) is 0. The first kappa shape index (κ1) is 62.0. The van der Waals surface area contributed by atoms with E-state index in [-0.39, 0.29) is 0 Å². The topological polar surface area (TPSA) is 88.7 Å². The van der Waals surface area contributed by atoms with Gasteiger partial charge in [-0.1, -0.05) is 210 Å². The Morgan fingerprint density at radius 2 is 0.755 bits per heavy atom. The Hall–Kier alpha value is -12.6. The molecule has 1 aliphatic heterocycles. The predicted molar refractivity (Wildman–Crippen MR) is 445 cm³/mol. The van der Waals surface area contributed by atoms with E-state index in [0.29, 0.717) is 0 Å². The first-order valence-corrected chi connectivity index (χ1v) is 36.8. The number of hydrogen-bond acceptors (Lipinski definition) is 6. The van der Waals surface area contributed by atoms with E-state index in [9.17, 15) is 0 Å².